The van der Waals surface area contributed by atoms with Crippen molar-refractivity contribution in [2.75, 3.05) is 39.6 Å². The molecule has 2 unspecified atom stereocenters. The average molecular weight is 1470 g/mol. The van der Waals surface area contributed by atoms with Gasteiger partial charge in [0, 0.05) is 25.7 Å². The van der Waals surface area contributed by atoms with Gasteiger partial charge in [-0.25, -0.2) is 9.13 Å². The Hall–Kier alpha value is -1.94. The number of hydrogen-bond donors (Lipinski definition) is 3. The zero-order valence-electron chi connectivity index (χ0n) is 65.3. The minimum Gasteiger partial charge on any atom is -0.462 e. The number of rotatable bonds is 81. The minimum absolute atomic E-state index is 0.108. The predicted octanol–water partition coefficient (Wildman–Crippen LogP) is 24.4. The zero-order valence-corrected chi connectivity index (χ0v) is 67.1. The molecule has 0 spiro atoms. The molecule has 0 radical (unpaired) electrons. The molecular formula is C81H158O17P2. The van der Waals surface area contributed by atoms with Crippen LogP contribution in [0.25, 0.3) is 0 Å². The maximum atomic E-state index is 13.1. The summed E-state index contributed by atoms with van der Waals surface area (Å²) in [5.74, 6) is -1.35. The molecule has 0 aromatic carbocycles. The molecule has 0 rings (SSSR count). The molecule has 19 heteroatoms. The van der Waals surface area contributed by atoms with Gasteiger partial charge in [-0.2, -0.15) is 0 Å². The van der Waals surface area contributed by atoms with E-state index in [1.54, 1.807) is 0 Å². The second-order valence-corrected chi connectivity index (χ2v) is 32.5. The molecule has 0 saturated carbocycles. The number of aliphatic hydroxyl groups is 1. The number of esters is 4. The van der Waals surface area contributed by atoms with Gasteiger partial charge in [0.15, 0.2) is 12.2 Å². The van der Waals surface area contributed by atoms with E-state index >= 15 is 0 Å². The Kier molecular flexibility index (Phi) is 72.5. The number of carbonyl (C=O) groups excluding carboxylic acids is 4. The molecular weight excluding hydrogens is 1310 g/mol. The van der Waals surface area contributed by atoms with Crippen LogP contribution < -0.4 is 0 Å². The molecule has 0 aliphatic heterocycles. The van der Waals surface area contributed by atoms with E-state index in [9.17, 15) is 43.2 Å². The first kappa shape index (κ1) is 98.1. The van der Waals surface area contributed by atoms with E-state index in [0.29, 0.717) is 25.7 Å². The first-order chi connectivity index (χ1) is 48.5. The monoisotopic (exact) mass is 1470 g/mol. The number of phosphoric acid groups is 2. The molecule has 0 bridgehead atoms. The van der Waals surface area contributed by atoms with E-state index < -0.39 is 97.5 Å². The molecule has 17 nitrogen and oxygen atoms in total. The lowest BCUT2D eigenvalue weighted by Crippen LogP contribution is -2.30. The van der Waals surface area contributed by atoms with Crippen LogP contribution in [0.15, 0.2) is 0 Å². The highest BCUT2D eigenvalue weighted by Gasteiger charge is 2.30. The van der Waals surface area contributed by atoms with Gasteiger partial charge >= 0.3 is 39.5 Å². The highest BCUT2D eigenvalue weighted by Crippen LogP contribution is 2.45. The van der Waals surface area contributed by atoms with E-state index in [0.717, 1.165) is 95.8 Å². The summed E-state index contributed by atoms with van der Waals surface area (Å²) < 4.78 is 68.7. The molecule has 0 aromatic rings. The normalized spacial score (nSPS) is 13.8. The lowest BCUT2D eigenvalue weighted by Gasteiger charge is -2.21. The third-order valence-corrected chi connectivity index (χ3v) is 20.9. The zero-order chi connectivity index (χ0) is 73.4. The van der Waals surface area contributed by atoms with Gasteiger partial charge < -0.3 is 33.8 Å². The van der Waals surface area contributed by atoms with Crippen LogP contribution in [0, 0.1) is 5.92 Å². The van der Waals surface area contributed by atoms with Crippen molar-refractivity contribution >= 4 is 39.5 Å². The fraction of sp³-hybridized carbons (Fsp3) is 0.951. The van der Waals surface area contributed by atoms with Crippen molar-refractivity contribution < 1.29 is 80.2 Å². The van der Waals surface area contributed by atoms with Gasteiger partial charge in [-0.3, -0.25) is 37.3 Å². The van der Waals surface area contributed by atoms with Crippen molar-refractivity contribution in [1.82, 2.24) is 0 Å². The molecule has 0 fully saturated rings. The van der Waals surface area contributed by atoms with Crippen LogP contribution in [0.1, 0.15) is 433 Å². The smallest absolute Gasteiger partial charge is 0.462 e. The largest absolute Gasteiger partial charge is 0.472 e. The standard InChI is InChI=1S/C81H158O17P2/c1-6-9-12-15-18-21-24-27-28-29-30-31-32-33-34-35-37-40-47-52-57-62-67-81(86)98-77(71-92-79(84)65-60-55-50-45-42-41-43-48-53-58-63-74(4)5)73-96-100(89,90)94-69-75(82)68-93-99(87,88)95-72-76(70-91-78(83)64-59-54-49-44-38-26-23-20-17-14-11-8-3)97-80(85)66-61-56-51-46-39-36-25-22-19-16-13-10-7-2/h74-77,82H,6-73H2,1-5H3,(H,87,88)(H,89,90)/t75-,76+,77+/m0/s1. The predicted molar refractivity (Wildman–Crippen MR) is 409 cm³/mol. The third kappa shape index (κ3) is 74.3. The van der Waals surface area contributed by atoms with Crippen LogP contribution in [0.4, 0.5) is 0 Å². The summed E-state index contributed by atoms with van der Waals surface area (Å²) >= 11 is 0. The molecule has 594 valence electrons. The number of phosphoric ester groups is 2. The second kappa shape index (κ2) is 73.9. The quantitative estimate of drug-likeness (QED) is 0.0222. The fourth-order valence-electron chi connectivity index (χ4n) is 12.6. The average Bonchev–Trinajstić information content (AvgIpc) is 0.918. The molecule has 3 N–H and O–H groups in total. The summed E-state index contributed by atoms with van der Waals surface area (Å²) in [7, 11) is -9.92. The van der Waals surface area contributed by atoms with E-state index in [1.807, 2.05) is 0 Å². The summed E-state index contributed by atoms with van der Waals surface area (Å²) in [6.45, 7) is 7.32. The van der Waals surface area contributed by atoms with Gasteiger partial charge in [0.1, 0.15) is 19.3 Å². The van der Waals surface area contributed by atoms with E-state index in [2.05, 4.69) is 34.6 Å². The lowest BCUT2D eigenvalue weighted by molar-refractivity contribution is -0.161. The Labute approximate surface area is 613 Å². The summed E-state index contributed by atoms with van der Waals surface area (Å²) in [4.78, 5) is 73.0. The van der Waals surface area contributed by atoms with Gasteiger partial charge in [-0.15, -0.1) is 0 Å². The van der Waals surface area contributed by atoms with Crippen LogP contribution in [0.2, 0.25) is 0 Å². The molecule has 0 saturated heterocycles. The fourth-order valence-corrected chi connectivity index (χ4v) is 14.2. The number of unbranched alkanes of at least 4 members (excludes halogenated alkanes) is 53. The van der Waals surface area contributed by atoms with Gasteiger partial charge in [0.25, 0.3) is 0 Å². The maximum absolute atomic E-state index is 13.1. The number of hydrogen-bond acceptors (Lipinski definition) is 15. The molecule has 0 aliphatic rings. The van der Waals surface area contributed by atoms with Crippen molar-refractivity contribution in [3.05, 3.63) is 0 Å². The van der Waals surface area contributed by atoms with Gasteiger partial charge in [0.05, 0.1) is 26.4 Å². The van der Waals surface area contributed by atoms with Crippen LogP contribution in [-0.2, 0) is 65.4 Å². The highest BCUT2D eigenvalue weighted by atomic mass is 31.2. The molecule has 0 aliphatic carbocycles. The topological polar surface area (TPSA) is 237 Å². The summed E-state index contributed by atoms with van der Waals surface area (Å²) in [6, 6.07) is 0. The Morgan fingerprint density at radius 2 is 0.460 bits per heavy atom. The summed E-state index contributed by atoms with van der Waals surface area (Å²) in [5, 5.41) is 10.6. The Bertz CT molecular complexity index is 1910. The van der Waals surface area contributed by atoms with Gasteiger partial charge in [-0.05, 0) is 31.6 Å². The molecule has 0 heterocycles. The molecule has 100 heavy (non-hydrogen) atoms. The summed E-state index contributed by atoms with van der Waals surface area (Å²) in [6.07, 6.45) is 65.2. The minimum atomic E-state index is -4.96. The number of ether oxygens (including phenoxy) is 4. The van der Waals surface area contributed by atoms with Crippen LogP contribution in [0.5, 0.6) is 0 Å². The van der Waals surface area contributed by atoms with Crippen LogP contribution >= 0.6 is 15.6 Å². The molecule has 5 atom stereocenters. The van der Waals surface area contributed by atoms with Crippen molar-refractivity contribution in [2.45, 2.75) is 451 Å². The van der Waals surface area contributed by atoms with Crippen molar-refractivity contribution in [1.29, 1.82) is 0 Å². The summed E-state index contributed by atoms with van der Waals surface area (Å²) in [5.41, 5.74) is 0. The van der Waals surface area contributed by atoms with E-state index in [1.165, 1.54) is 257 Å². The molecule has 0 amide bonds. The maximum Gasteiger partial charge on any atom is 0.472 e. The van der Waals surface area contributed by atoms with Gasteiger partial charge in [0.2, 0.25) is 0 Å². The van der Waals surface area contributed by atoms with Crippen molar-refractivity contribution in [2.24, 2.45) is 5.92 Å². The number of carbonyl (C=O) groups is 4. The van der Waals surface area contributed by atoms with E-state index in [-0.39, 0.29) is 25.7 Å². The van der Waals surface area contributed by atoms with Crippen LogP contribution in [0.3, 0.4) is 0 Å². The van der Waals surface area contributed by atoms with Gasteiger partial charge in [-0.1, -0.05) is 381 Å². The van der Waals surface area contributed by atoms with Crippen molar-refractivity contribution in [3.63, 3.8) is 0 Å². The Morgan fingerprint density at radius 1 is 0.270 bits per heavy atom. The number of aliphatic hydroxyl groups excluding tert-OH is 1. The highest BCUT2D eigenvalue weighted by molar-refractivity contribution is 7.47. The Morgan fingerprint density at radius 3 is 0.680 bits per heavy atom. The first-order valence-electron chi connectivity index (χ1n) is 42.1. The second-order valence-electron chi connectivity index (χ2n) is 29.6. The first-order valence-corrected chi connectivity index (χ1v) is 45.1. The molecule has 0 aromatic heterocycles. The Balaban J connectivity index is 5.20. The third-order valence-electron chi connectivity index (χ3n) is 19.0. The van der Waals surface area contributed by atoms with Crippen molar-refractivity contribution in [3.8, 4) is 0 Å². The lowest BCUT2D eigenvalue weighted by atomic mass is 10.0. The SMILES string of the molecule is CCCCCCCCCCCCCCCCCCCCCCCCC(=O)O[C@H](COC(=O)CCCCCCCCCCCCC(C)C)COP(=O)(O)OC[C@@H](O)COP(=O)(O)OC[C@@H](COC(=O)CCCCCCCCCCCCCC)OC(=O)CCCCCCCCCCCCCCC. The van der Waals surface area contributed by atoms with Crippen LogP contribution in [-0.4, -0.2) is 96.7 Å². The van der Waals surface area contributed by atoms with E-state index in [4.69, 9.17) is 37.0 Å².